The van der Waals surface area contributed by atoms with Crippen LogP contribution in [0.25, 0.3) is 10.9 Å². The van der Waals surface area contributed by atoms with Crippen LogP contribution in [0.2, 0.25) is 10.0 Å². The van der Waals surface area contributed by atoms with Gasteiger partial charge in [-0.15, -0.1) is 0 Å². The molecule has 6 rings (SSSR count). The zero-order valence-corrected chi connectivity index (χ0v) is 23.9. The van der Waals surface area contributed by atoms with E-state index in [1.807, 2.05) is 0 Å². The number of halogens is 4. The lowest BCUT2D eigenvalue weighted by Gasteiger charge is -2.16. The highest BCUT2D eigenvalue weighted by molar-refractivity contribution is 6.34. The molecule has 0 bridgehead atoms. The van der Waals surface area contributed by atoms with Crippen LogP contribution in [0.1, 0.15) is 24.2 Å². The first-order chi connectivity index (χ1) is 20.5. The Balaban J connectivity index is 1.38. The number of amides is 1. The van der Waals surface area contributed by atoms with E-state index in [2.05, 4.69) is 30.8 Å². The summed E-state index contributed by atoms with van der Waals surface area (Å²) in [7, 11) is 1.62. The van der Waals surface area contributed by atoms with Crippen LogP contribution in [0, 0.1) is 11.6 Å². The molecule has 1 aliphatic carbocycles. The SMILES string of the molecule is Cn1cnc(Cn2c(=O)nc(Nc3cc4cn(CC(=O)NC5CC5)nc4cc3Cl)n(Cc3cc(Cl)c(F)cc3F)c2=O)n1. The normalized spacial score (nSPS) is 13.0. The minimum atomic E-state index is -0.969. The van der Waals surface area contributed by atoms with Crippen LogP contribution in [-0.2, 0) is 31.5 Å². The summed E-state index contributed by atoms with van der Waals surface area (Å²) in [5.41, 5.74) is -1.19. The van der Waals surface area contributed by atoms with Gasteiger partial charge in [0.05, 0.1) is 34.3 Å². The fraction of sp³-hybridized carbons (Fsp3) is 0.269. The van der Waals surface area contributed by atoms with Crippen molar-refractivity contribution in [1.82, 2.24) is 44.0 Å². The van der Waals surface area contributed by atoms with Crippen LogP contribution in [0.15, 0.2) is 46.4 Å². The number of carbonyl (C=O) groups excluding carboxylic acids is 1. The molecule has 2 N–H and O–H groups in total. The van der Waals surface area contributed by atoms with E-state index in [1.165, 1.54) is 15.7 Å². The number of aromatic nitrogens is 8. The Morgan fingerprint density at radius 2 is 1.81 bits per heavy atom. The Morgan fingerprint density at radius 1 is 1.02 bits per heavy atom. The summed E-state index contributed by atoms with van der Waals surface area (Å²) >= 11 is 12.4. The molecule has 1 aliphatic rings. The molecule has 5 aromatic rings. The zero-order chi connectivity index (χ0) is 30.4. The quantitative estimate of drug-likeness (QED) is 0.236. The van der Waals surface area contributed by atoms with Gasteiger partial charge < -0.3 is 10.6 Å². The van der Waals surface area contributed by atoms with Crippen LogP contribution in [-0.4, -0.2) is 50.6 Å². The first-order valence-electron chi connectivity index (χ1n) is 13.0. The third-order valence-electron chi connectivity index (χ3n) is 6.65. The predicted molar refractivity (Wildman–Crippen MR) is 153 cm³/mol. The second-order valence-corrected chi connectivity index (χ2v) is 10.9. The van der Waals surface area contributed by atoms with E-state index in [-0.39, 0.29) is 58.1 Å². The minimum absolute atomic E-state index is 0.0157. The molecule has 3 aromatic heterocycles. The maximum Gasteiger partial charge on any atom is 0.355 e. The highest BCUT2D eigenvalue weighted by Gasteiger charge is 2.23. The molecule has 1 amide bonds. The Labute approximate surface area is 250 Å². The van der Waals surface area contributed by atoms with E-state index in [9.17, 15) is 23.2 Å². The molecular weight excluding hydrogens is 609 g/mol. The molecule has 0 aliphatic heterocycles. The number of carbonyl (C=O) groups is 1. The van der Waals surface area contributed by atoms with Crippen molar-refractivity contribution in [2.45, 2.75) is 38.5 Å². The monoisotopic (exact) mass is 630 g/mol. The third kappa shape index (κ3) is 6.12. The van der Waals surface area contributed by atoms with Crippen LogP contribution < -0.4 is 22.0 Å². The first kappa shape index (κ1) is 28.5. The molecule has 2 aromatic carbocycles. The summed E-state index contributed by atoms with van der Waals surface area (Å²) in [6.07, 6.45) is 4.97. The predicted octanol–water partition coefficient (Wildman–Crippen LogP) is 2.59. The van der Waals surface area contributed by atoms with Gasteiger partial charge >= 0.3 is 11.4 Å². The van der Waals surface area contributed by atoms with Gasteiger partial charge in [0, 0.05) is 36.3 Å². The van der Waals surface area contributed by atoms with E-state index in [0.717, 1.165) is 28.0 Å². The van der Waals surface area contributed by atoms with Crippen molar-refractivity contribution in [2.24, 2.45) is 7.05 Å². The summed E-state index contributed by atoms with van der Waals surface area (Å²) in [5.74, 6) is -2.19. The van der Waals surface area contributed by atoms with E-state index in [4.69, 9.17) is 23.2 Å². The highest BCUT2D eigenvalue weighted by Crippen LogP contribution is 2.30. The van der Waals surface area contributed by atoms with Crippen molar-refractivity contribution in [3.63, 3.8) is 0 Å². The number of benzene rings is 2. The van der Waals surface area contributed by atoms with Crippen molar-refractivity contribution < 1.29 is 13.6 Å². The highest BCUT2D eigenvalue weighted by atomic mass is 35.5. The Morgan fingerprint density at radius 3 is 2.53 bits per heavy atom. The van der Waals surface area contributed by atoms with Crippen molar-refractivity contribution in [3.05, 3.63) is 90.8 Å². The van der Waals surface area contributed by atoms with Crippen molar-refractivity contribution in [1.29, 1.82) is 0 Å². The number of nitrogens with zero attached hydrogens (tertiary/aromatic N) is 8. The molecule has 0 spiro atoms. The molecule has 43 heavy (non-hydrogen) atoms. The summed E-state index contributed by atoms with van der Waals surface area (Å²) in [4.78, 5) is 47.0. The largest absolute Gasteiger partial charge is 0.355 e. The number of aryl methyl sites for hydroxylation is 1. The van der Waals surface area contributed by atoms with Gasteiger partial charge in [0.1, 0.15) is 24.5 Å². The van der Waals surface area contributed by atoms with Gasteiger partial charge in [-0.1, -0.05) is 23.2 Å². The molecule has 13 nitrogen and oxygen atoms in total. The third-order valence-corrected chi connectivity index (χ3v) is 7.25. The van der Waals surface area contributed by atoms with Crippen molar-refractivity contribution in [3.8, 4) is 0 Å². The molecule has 1 fully saturated rings. The van der Waals surface area contributed by atoms with Crippen LogP contribution in [0.3, 0.4) is 0 Å². The van der Waals surface area contributed by atoms with Gasteiger partial charge in [-0.2, -0.15) is 15.2 Å². The van der Waals surface area contributed by atoms with Gasteiger partial charge in [-0.3, -0.25) is 18.7 Å². The maximum atomic E-state index is 14.7. The lowest BCUT2D eigenvalue weighted by Crippen LogP contribution is -2.43. The lowest BCUT2D eigenvalue weighted by atomic mass is 10.2. The van der Waals surface area contributed by atoms with Gasteiger partial charge in [-0.25, -0.2) is 27.9 Å². The fourth-order valence-electron chi connectivity index (χ4n) is 4.40. The van der Waals surface area contributed by atoms with Gasteiger partial charge in [0.2, 0.25) is 11.9 Å². The average molecular weight is 631 g/mol. The summed E-state index contributed by atoms with van der Waals surface area (Å²) in [6.45, 7) is -0.760. The molecular formula is C26H22Cl2F2N10O3. The number of rotatable bonds is 9. The molecule has 0 radical (unpaired) electrons. The van der Waals surface area contributed by atoms with Gasteiger partial charge in [-0.05, 0) is 31.0 Å². The van der Waals surface area contributed by atoms with Gasteiger partial charge in [0.15, 0.2) is 5.82 Å². The summed E-state index contributed by atoms with van der Waals surface area (Å²) < 4.78 is 33.2. The lowest BCUT2D eigenvalue weighted by molar-refractivity contribution is -0.121. The van der Waals surface area contributed by atoms with Gasteiger partial charge in [0.25, 0.3) is 0 Å². The average Bonchev–Trinajstić information content (AvgIpc) is 3.52. The molecule has 1 saturated carbocycles. The van der Waals surface area contributed by atoms with Crippen molar-refractivity contribution in [2.75, 3.05) is 5.32 Å². The Bertz CT molecular complexity index is 2010. The van der Waals surface area contributed by atoms with Crippen LogP contribution in [0.4, 0.5) is 20.4 Å². The zero-order valence-electron chi connectivity index (χ0n) is 22.4. The molecule has 3 heterocycles. The topological polar surface area (TPSA) is 147 Å². The number of anilines is 2. The number of hydrogen-bond acceptors (Lipinski definition) is 8. The number of fused-ring (bicyclic) bond motifs is 1. The number of hydrogen-bond donors (Lipinski definition) is 2. The Hall–Kier alpha value is -4.63. The molecule has 0 unspecified atom stereocenters. The Kier molecular flexibility index (Phi) is 7.43. The standard InChI is InChI=1S/C26H22Cl2F2N10O3/c1-37-12-31-22(36-37)10-40-25(42)34-24(39(26(40)43)9-13-4-16(27)19(30)7-18(13)29)33-21-5-14-8-38(35-20(14)6-17(21)28)11-23(41)32-15-2-3-15/h4-8,12,15H,2-3,9-11H2,1H3,(H,32,41)(H,33,34,42). The van der Waals surface area contributed by atoms with E-state index < -0.39 is 29.6 Å². The number of nitrogens with one attached hydrogen (secondary N) is 2. The van der Waals surface area contributed by atoms with Crippen molar-refractivity contribution >= 4 is 51.6 Å². The second-order valence-electron chi connectivity index (χ2n) is 10.0. The maximum absolute atomic E-state index is 14.7. The summed E-state index contributed by atoms with van der Waals surface area (Å²) in [6, 6.07) is 5.01. The molecule has 17 heteroatoms. The molecule has 0 saturated heterocycles. The first-order valence-corrected chi connectivity index (χ1v) is 13.7. The van der Waals surface area contributed by atoms with E-state index in [0.29, 0.717) is 17.0 Å². The molecule has 0 atom stereocenters. The minimum Gasteiger partial charge on any atom is -0.352 e. The summed E-state index contributed by atoms with van der Waals surface area (Å²) in [5, 5.41) is 14.7. The molecule has 222 valence electrons. The second kappa shape index (κ2) is 11.2. The van der Waals surface area contributed by atoms with Crippen LogP contribution >= 0.6 is 23.2 Å². The fourth-order valence-corrected chi connectivity index (χ4v) is 4.79. The smallest absolute Gasteiger partial charge is 0.352 e. The van der Waals surface area contributed by atoms with E-state index in [1.54, 1.807) is 25.4 Å². The van der Waals surface area contributed by atoms with E-state index >= 15 is 0 Å². The van der Waals surface area contributed by atoms with Crippen LogP contribution in [0.5, 0.6) is 0 Å².